The van der Waals surface area contributed by atoms with Crippen LogP contribution >= 0.6 is 11.6 Å². The van der Waals surface area contributed by atoms with Gasteiger partial charge in [-0.3, -0.25) is 4.98 Å². The highest BCUT2D eigenvalue weighted by Gasteiger charge is 2.32. The van der Waals surface area contributed by atoms with E-state index in [2.05, 4.69) is 57.7 Å². The minimum Gasteiger partial charge on any atom is -0.364 e. The lowest BCUT2D eigenvalue weighted by Gasteiger charge is -2.37. The molecule has 1 atom stereocenters. The molecule has 0 N–H and O–H groups in total. The molecule has 4 nitrogen and oxygen atoms in total. The summed E-state index contributed by atoms with van der Waals surface area (Å²) in [6.45, 7) is 3.09. The first-order valence-electron chi connectivity index (χ1n) is 8.78. The van der Waals surface area contributed by atoms with Crippen LogP contribution in [0.3, 0.4) is 0 Å². The van der Waals surface area contributed by atoms with Gasteiger partial charge in [0.2, 0.25) is 0 Å². The van der Waals surface area contributed by atoms with Gasteiger partial charge in [-0.2, -0.15) is 0 Å². The molecule has 0 fully saturated rings. The van der Waals surface area contributed by atoms with Crippen LogP contribution in [0.4, 0.5) is 5.69 Å². The Bertz CT molecular complexity index is 963. The molecule has 0 saturated carbocycles. The second-order valence-corrected chi connectivity index (χ2v) is 7.69. The molecule has 0 bridgehead atoms. The van der Waals surface area contributed by atoms with Crippen molar-refractivity contribution < 1.29 is 0 Å². The van der Waals surface area contributed by atoms with Crippen molar-refractivity contribution in [1.29, 1.82) is 0 Å². The van der Waals surface area contributed by atoms with Crippen LogP contribution in [-0.4, -0.2) is 35.1 Å². The summed E-state index contributed by atoms with van der Waals surface area (Å²) in [6, 6.07) is 8.81. The molecule has 25 heavy (non-hydrogen) atoms. The van der Waals surface area contributed by atoms with E-state index < -0.39 is 0 Å². The van der Waals surface area contributed by atoms with Crippen molar-refractivity contribution in [1.82, 2.24) is 14.5 Å². The number of aromatic nitrogens is 2. The molecular formula is C20H21ClN4. The predicted octanol–water partition coefficient (Wildman–Crippen LogP) is 3.87. The monoisotopic (exact) mass is 352 g/mol. The van der Waals surface area contributed by atoms with Gasteiger partial charge in [-0.15, -0.1) is 0 Å². The standard InChI is InChI=1S/C20H21ClN4/c1-23-8-5-17-16(11-23)15-9-14(21)10-18-20(15)25(17)12-19(24(18)2)13-3-6-22-7-4-13/h3-4,6-7,9-10,19H,5,8,11-12H2,1-2H3. The summed E-state index contributed by atoms with van der Waals surface area (Å²) in [5, 5.41) is 2.14. The van der Waals surface area contributed by atoms with E-state index in [0.717, 1.165) is 31.1 Å². The van der Waals surface area contributed by atoms with Gasteiger partial charge in [0.1, 0.15) is 0 Å². The Labute approximate surface area is 152 Å². The minimum absolute atomic E-state index is 0.299. The lowest BCUT2D eigenvalue weighted by molar-refractivity contribution is 0.308. The molecule has 1 unspecified atom stereocenters. The van der Waals surface area contributed by atoms with Gasteiger partial charge < -0.3 is 14.4 Å². The van der Waals surface area contributed by atoms with Crippen molar-refractivity contribution in [2.75, 3.05) is 25.5 Å². The Morgan fingerprint density at radius 1 is 1.16 bits per heavy atom. The molecule has 0 spiro atoms. The van der Waals surface area contributed by atoms with E-state index in [4.69, 9.17) is 11.6 Å². The number of hydrogen-bond donors (Lipinski definition) is 0. The Morgan fingerprint density at radius 2 is 1.96 bits per heavy atom. The third kappa shape index (κ3) is 2.21. The number of fused-ring (bicyclic) bond motifs is 3. The number of hydrogen-bond acceptors (Lipinski definition) is 3. The number of halogens is 1. The van der Waals surface area contributed by atoms with Gasteiger partial charge in [-0.25, -0.2) is 0 Å². The minimum atomic E-state index is 0.299. The summed E-state index contributed by atoms with van der Waals surface area (Å²) in [5.41, 5.74) is 6.82. The summed E-state index contributed by atoms with van der Waals surface area (Å²) in [5.74, 6) is 0. The Hall–Kier alpha value is -2.04. The smallest absolute Gasteiger partial charge is 0.0725 e. The zero-order valence-corrected chi connectivity index (χ0v) is 15.3. The number of pyridine rings is 1. The van der Waals surface area contributed by atoms with Crippen LogP contribution in [0.5, 0.6) is 0 Å². The molecule has 1 aromatic carbocycles. The number of rotatable bonds is 1. The molecule has 0 amide bonds. The second-order valence-electron chi connectivity index (χ2n) is 7.25. The summed E-state index contributed by atoms with van der Waals surface area (Å²) < 4.78 is 2.55. The molecule has 3 aromatic rings. The van der Waals surface area contributed by atoms with Gasteiger partial charge in [0.05, 0.1) is 17.2 Å². The van der Waals surface area contributed by atoms with Gasteiger partial charge in [-0.05, 0) is 42.4 Å². The maximum absolute atomic E-state index is 6.51. The Balaban J connectivity index is 1.76. The van der Waals surface area contributed by atoms with E-state index in [-0.39, 0.29) is 0 Å². The fourth-order valence-electron chi connectivity index (χ4n) is 4.51. The average Bonchev–Trinajstić information content (AvgIpc) is 2.92. The molecule has 2 aliphatic heterocycles. The van der Waals surface area contributed by atoms with Crippen molar-refractivity contribution >= 4 is 28.2 Å². The van der Waals surface area contributed by atoms with E-state index >= 15 is 0 Å². The van der Waals surface area contributed by atoms with Crippen molar-refractivity contribution in [3.05, 3.63) is 58.5 Å². The van der Waals surface area contributed by atoms with Crippen LogP contribution < -0.4 is 4.90 Å². The Kier molecular flexibility index (Phi) is 3.34. The SMILES string of the molecule is CN1CCc2c(c3cc(Cl)cc4c3n2CC(c2ccncc2)N4C)C1. The number of benzene rings is 1. The van der Waals surface area contributed by atoms with Crippen molar-refractivity contribution in [3.63, 3.8) is 0 Å². The van der Waals surface area contributed by atoms with Crippen LogP contribution in [0.15, 0.2) is 36.7 Å². The molecule has 2 aliphatic rings. The molecule has 0 aliphatic carbocycles. The molecule has 4 heterocycles. The molecule has 5 rings (SSSR count). The van der Waals surface area contributed by atoms with Crippen LogP contribution in [-0.2, 0) is 19.5 Å². The summed E-state index contributed by atoms with van der Waals surface area (Å²) in [4.78, 5) is 8.95. The second kappa shape index (κ2) is 5.48. The quantitative estimate of drug-likeness (QED) is 0.664. The first-order chi connectivity index (χ1) is 12.1. The number of anilines is 1. The molecule has 5 heteroatoms. The molecule has 2 aromatic heterocycles. The van der Waals surface area contributed by atoms with Crippen molar-refractivity contribution in [2.24, 2.45) is 0 Å². The molecule has 0 saturated heterocycles. The van der Waals surface area contributed by atoms with E-state index in [1.54, 1.807) is 0 Å². The molecule has 128 valence electrons. The predicted molar refractivity (Wildman–Crippen MR) is 102 cm³/mol. The van der Waals surface area contributed by atoms with Crippen LogP contribution in [0, 0.1) is 0 Å². The van der Waals surface area contributed by atoms with Crippen LogP contribution in [0.2, 0.25) is 5.02 Å². The van der Waals surface area contributed by atoms with Crippen LogP contribution in [0.25, 0.3) is 10.9 Å². The zero-order chi connectivity index (χ0) is 17.1. The first-order valence-corrected chi connectivity index (χ1v) is 9.16. The van der Waals surface area contributed by atoms with Gasteiger partial charge in [0.25, 0.3) is 0 Å². The third-order valence-electron chi connectivity index (χ3n) is 5.78. The first kappa shape index (κ1) is 15.2. The van der Waals surface area contributed by atoms with Gasteiger partial charge >= 0.3 is 0 Å². The summed E-state index contributed by atoms with van der Waals surface area (Å²) >= 11 is 6.51. The summed E-state index contributed by atoms with van der Waals surface area (Å²) in [7, 11) is 4.38. The maximum Gasteiger partial charge on any atom is 0.0725 e. The summed E-state index contributed by atoms with van der Waals surface area (Å²) in [6.07, 6.45) is 4.86. The zero-order valence-electron chi connectivity index (χ0n) is 14.5. The highest BCUT2D eigenvalue weighted by molar-refractivity contribution is 6.32. The van der Waals surface area contributed by atoms with Crippen molar-refractivity contribution in [2.45, 2.75) is 25.6 Å². The van der Waals surface area contributed by atoms with Crippen LogP contribution in [0.1, 0.15) is 22.9 Å². The normalized spacial score (nSPS) is 20.1. The average molecular weight is 353 g/mol. The highest BCUT2D eigenvalue weighted by atomic mass is 35.5. The lowest BCUT2D eigenvalue weighted by Crippen LogP contribution is -2.33. The van der Waals surface area contributed by atoms with E-state index in [0.29, 0.717) is 6.04 Å². The molecular weight excluding hydrogens is 332 g/mol. The fraction of sp³-hybridized carbons (Fsp3) is 0.350. The van der Waals surface area contributed by atoms with Gasteiger partial charge in [-0.1, -0.05) is 11.6 Å². The fourth-order valence-corrected chi connectivity index (χ4v) is 4.72. The van der Waals surface area contributed by atoms with E-state index in [1.807, 2.05) is 12.4 Å². The van der Waals surface area contributed by atoms with Gasteiger partial charge in [0.15, 0.2) is 0 Å². The van der Waals surface area contributed by atoms with Crippen molar-refractivity contribution in [3.8, 4) is 0 Å². The molecule has 0 radical (unpaired) electrons. The van der Waals surface area contributed by atoms with Gasteiger partial charge in [0, 0.05) is 61.6 Å². The van der Waals surface area contributed by atoms with E-state index in [9.17, 15) is 0 Å². The number of nitrogens with zero attached hydrogens (tertiary/aromatic N) is 4. The third-order valence-corrected chi connectivity index (χ3v) is 5.99. The maximum atomic E-state index is 6.51. The lowest BCUT2D eigenvalue weighted by atomic mass is 10.0. The Morgan fingerprint density at radius 3 is 2.76 bits per heavy atom. The number of likely N-dealkylation sites (N-methyl/N-ethyl adjacent to an activating group) is 2. The highest BCUT2D eigenvalue weighted by Crippen LogP contribution is 2.44. The topological polar surface area (TPSA) is 24.3 Å². The van der Waals surface area contributed by atoms with E-state index in [1.165, 1.54) is 33.4 Å². The largest absolute Gasteiger partial charge is 0.364 e.